The summed E-state index contributed by atoms with van der Waals surface area (Å²) in [6, 6.07) is 11.9. The van der Waals surface area contributed by atoms with Crippen LogP contribution in [0.3, 0.4) is 0 Å². The highest BCUT2D eigenvalue weighted by Crippen LogP contribution is 2.37. The molecule has 1 fully saturated rings. The molecule has 1 saturated carbocycles. The SMILES string of the molecule is Cn1c(=O)c(C(N)=O)c(N(C)[C@H]2CC[C@@H](/C(=N/OC(C)(C)C)c3ccccc3)CC2)c2nc(Cl)c(Br)cc21. The minimum atomic E-state index is -0.790. The second kappa shape index (κ2) is 11.1. The van der Waals surface area contributed by atoms with Gasteiger partial charge in [-0.05, 0) is 74.0 Å². The van der Waals surface area contributed by atoms with Crippen LogP contribution in [0, 0.1) is 5.92 Å². The number of oxime groups is 1. The summed E-state index contributed by atoms with van der Waals surface area (Å²) in [5, 5.41) is 4.85. The number of hydrogen-bond donors (Lipinski definition) is 1. The van der Waals surface area contributed by atoms with Crippen LogP contribution in [0.25, 0.3) is 11.0 Å². The van der Waals surface area contributed by atoms with Gasteiger partial charge < -0.3 is 20.0 Å². The summed E-state index contributed by atoms with van der Waals surface area (Å²) >= 11 is 9.73. The zero-order valence-electron chi connectivity index (χ0n) is 22.3. The topological polar surface area (TPSA) is 103 Å². The number of anilines is 1. The number of rotatable bonds is 6. The number of benzene rings is 1. The molecule has 0 unspecified atom stereocenters. The van der Waals surface area contributed by atoms with Crippen LogP contribution in [0.5, 0.6) is 0 Å². The van der Waals surface area contributed by atoms with Gasteiger partial charge in [0.25, 0.3) is 11.5 Å². The summed E-state index contributed by atoms with van der Waals surface area (Å²) in [4.78, 5) is 38.1. The smallest absolute Gasteiger partial charge is 0.265 e. The highest BCUT2D eigenvalue weighted by atomic mass is 79.9. The highest BCUT2D eigenvalue weighted by Gasteiger charge is 2.32. The van der Waals surface area contributed by atoms with Gasteiger partial charge in [-0.15, -0.1) is 0 Å². The predicted octanol–water partition coefficient (Wildman–Crippen LogP) is 5.66. The van der Waals surface area contributed by atoms with Crippen LogP contribution in [-0.2, 0) is 11.9 Å². The highest BCUT2D eigenvalue weighted by molar-refractivity contribution is 9.10. The first kappa shape index (κ1) is 28.1. The van der Waals surface area contributed by atoms with Gasteiger partial charge in [0.1, 0.15) is 21.8 Å². The maximum Gasteiger partial charge on any atom is 0.265 e. The van der Waals surface area contributed by atoms with Crippen LogP contribution in [0.4, 0.5) is 5.69 Å². The molecule has 2 heterocycles. The Morgan fingerprint density at radius 2 is 1.84 bits per heavy atom. The molecule has 0 spiro atoms. The Kier molecular flexibility index (Phi) is 8.18. The molecule has 8 nitrogen and oxygen atoms in total. The van der Waals surface area contributed by atoms with Crippen molar-refractivity contribution in [1.82, 2.24) is 9.55 Å². The van der Waals surface area contributed by atoms with Crippen molar-refractivity contribution in [2.24, 2.45) is 23.9 Å². The number of halogens is 2. The van der Waals surface area contributed by atoms with E-state index in [2.05, 4.69) is 38.2 Å². The molecule has 1 aromatic carbocycles. The summed E-state index contributed by atoms with van der Waals surface area (Å²) in [7, 11) is 3.48. The zero-order chi connectivity index (χ0) is 27.8. The Hall–Kier alpha value is -2.91. The molecule has 0 bridgehead atoms. The Morgan fingerprint density at radius 1 is 1.21 bits per heavy atom. The van der Waals surface area contributed by atoms with E-state index in [1.165, 1.54) is 4.57 Å². The third kappa shape index (κ3) is 5.73. The van der Waals surface area contributed by atoms with E-state index in [-0.39, 0.29) is 22.7 Å². The van der Waals surface area contributed by atoms with E-state index >= 15 is 0 Å². The van der Waals surface area contributed by atoms with Gasteiger partial charge in [0.2, 0.25) is 0 Å². The summed E-state index contributed by atoms with van der Waals surface area (Å²) in [5.74, 6) is -0.578. The fourth-order valence-electron chi connectivity index (χ4n) is 5.03. The van der Waals surface area contributed by atoms with Gasteiger partial charge in [-0.2, -0.15) is 0 Å². The number of amides is 1. The molecule has 2 aromatic heterocycles. The van der Waals surface area contributed by atoms with Gasteiger partial charge in [0.05, 0.1) is 21.4 Å². The van der Waals surface area contributed by atoms with Gasteiger partial charge >= 0.3 is 0 Å². The van der Waals surface area contributed by atoms with Crippen molar-refractivity contribution in [3.63, 3.8) is 0 Å². The van der Waals surface area contributed by atoms with Crippen molar-refractivity contribution in [2.75, 3.05) is 11.9 Å². The summed E-state index contributed by atoms with van der Waals surface area (Å²) in [6.45, 7) is 5.94. The van der Waals surface area contributed by atoms with Crippen molar-refractivity contribution >= 4 is 55.9 Å². The maximum absolute atomic E-state index is 13.2. The van der Waals surface area contributed by atoms with Gasteiger partial charge in [-0.3, -0.25) is 9.59 Å². The average molecular weight is 603 g/mol. The van der Waals surface area contributed by atoms with Gasteiger partial charge in [0, 0.05) is 26.1 Å². The number of nitrogens with zero attached hydrogens (tertiary/aromatic N) is 4. The van der Waals surface area contributed by atoms with E-state index in [0.717, 1.165) is 37.0 Å². The molecular weight excluding hydrogens is 570 g/mol. The third-order valence-corrected chi connectivity index (χ3v) is 8.09. The second-order valence-corrected chi connectivity index (χ2v) is 12.0. The lowest BCUT2D eigenvalue weighted by Gasteiger charge is -2.37. The summed E-state index contributed by atoms with van der Waals surface area (Å²) < 4.78 is 1.95. The molecule has 1 aliphatic rings. The van der Waals surface area contributed by atoms with Crippen LogP contribution >= 0.6 is 27.5 Å². The van der Waals surface area contributed by atoms with Gasteiger partial charge in [-0.1, -0.05) is 47.1 Å². The number of pyridine rings is 2. The molecule has 10 heteroatoms. The minimum Gasteiger partial charge on any atom is -0.390 e. The monoisotopic (exact) mass is 601 g/mol. The average Bonchev–Trinajstić information content (AvgIpc) is 2.87. The number of carbonyl (C=O) groups is 1. The van der Waals surface area contributed by atoms with Crippen LogP contribution in [0.2, 0.25) is 5.15 Å². The predicted molar refractivity (Wildman–Crippen MR) is 156 cm³/mol. The summed E-state index contributed by atoms with van der Waals surface area (Å²) in [5.41, 5.74) is 8.21. The fraction of sp³-hybridized carbons (Fsp3) is 0.429. The molecule has 1 aliphatic carbocycles. The third-order valence-electron chi connectivity index (χ3n) is 6.97. The number of hydrogen-bond acceptors (Lipinski definition) is 6. The second-order valence-electron chi connectivity index (χ2n) is 10.7. The number of fused-ring (bicyclic) bond motifs is 1. The Morgan fingerprint density at radius 3 is 2.42 bits per heavy atom. The number of nitrogens with two attached hydrogens (primary N) is 1. The van der Waals surface area contributed by atoms with E-state index in [1.807, 2.05) is 50.9 Å². The molecule has 4 rings (SSSR count). The first-order valence-corrected chi connectivity index (χ1v) is 13.8. The normalized spacial score (nSPS) is 18.4. The molecular formula is C28H33BrClN5O3. The van der Waals surface area contributed by atoms with Gasteiger partial charge in [-0.25, -0.2) is 4.98 Å². The van der Waals surface area contributed by atoms with E-state index < -0.39 is 17.1 Å². The van der Waals surface area contributed by atoms with Crippen LogP contribution in [-0.4, -0.2) is 39.9 Å². The van der Waals surface area contributed by atoms with E-state index in [1.54, 1.807) is 13.1 Å². The molecule has 0 saturated heterocycles. The Balaban J connectivity index is 1.68. The zero-order valence-corrected chi connectivity index (χ0v) is 24.6. The lowest BCUT2D eigenvalue weighted by Crippen LogP contribution is -2.40. The lowest BCUT2D eigenvalue weighted by molar-refractivity contribution is -0.0000317. The number of carbonyl (C=O) groups excluding carboxylic acids is 1. The van der Waals surface area contributed by atoms with Crippen molar-refractivity contribution in [3.05, 3.63) is 67.5 Å². The van der Waals surface area contributed by atoms with Crippen molar-refractivity contribution in [3.8, 4) is 0 Å². The molecule has 1 amide bonds. The molecule has 0 radical (unpaired) electrons. The van der Waals surface area contributed by atoms with Crippen molar-refractivity contribution in [2.45, 2.75) is 58.1 Å². The molecule has 3 aromatic rings. The molecule has 0 atom stereocenters. The number of primary amides is 1. The Bertz CT molecular complexity index is 1440. The minimum absolute atomic E-state index is 0.0597. The standard InChI is InChI=1S/C28H33BrClN5O3/c1-28(2,3)38-33-22(16-9-7-6-8-10-16)17-11-13-18(14-12-17)34(4)24-21(26(31)36)27(37)35(5)20-15-19(29)25(30)32-23(20)24/h6-10,15,17-18H,11-14H2,1-5H3,(H2,31,36)/b33-22+/t17-,18+. The van der Waals surface area contributed by atoms with E-state index in [9.17, 15) is 9.59 Å². The van der Waals surface area contributed by atoms with E-state index in [0.29, 0.717) is 21.2 Å². The molecule has 2 N–H and O–H groups in total. The van der Waals surface area contributed by atoms with Crippen LogP contribution in [0.15, 0.2) is 50.8 Å². The maximum atomic E-state index is 13.2. The van der Waals surface area contributed by atoms with Crippen LogP contribution in [0.1, 0.15) is 62.4 Å². The molecule has 38 heavy (non-hydrogen) atoms. The molecule has 0 aliphatic heterocycles. The quantitative estimate of drug-likeness (QED) is 0.223. The largest absolute Gasteiger partial charge is 0.390 e. The van der Waals surface area contributed by atoms with Crippen molar-refractivity contribution in [1.29, 1.82) is 0 Å². The lowest BCUT2D eigenvalue weighted by atomic mass is 9.80. The van der Waals surface area contributed by atoms with Gasteiger partial charge in [0.15, 0.2) is 0 Å². The fourth-order valence-corrected chi connectivity index (χ4v) is 5.47. The van der Waals surface area contributed by atoms with Crippen LogP contribution < -0.4 is 16.2 Å². The first-order chi connectivity index (χ1) is 17.9. The number of aryl methyl sites for hydroxylation is 1. The molecule has 202 valence electrons. The summed E-state index contributed by atoms with van der Waals surface area (Å²) in [6.07, 6.45) is 3.37. The first-order valence-electron chi connectivity index (χ1n) is 12.6. The van der Waals surface area contributed by atoms with E-state index in [4.69, 9.17) is 22.2 Å². The Labute approximate surface area is 235 Å². The number of aromatic nitrogens is 2. The van der Waals surface area contributed by atoms with Crippen molar-refractivity contribution < 1.29 is 9.63 Å².